The van der Waals surface area contributed by atoms with Crippen LogP contribution in [0, 0.1) is 11.8 Å². The molecule has 0 atom stereocenters. The normalized spacial score (nSPS) is 9.94. The molecule has 0 unspecified atom stereocenters. The lowest BCUT2D eigenvalue weighted by Crippen LogP contribution is -2.13. The van der Waals surface area contributed by atoms with Gasteiger partial charge in [0.2, 0.25) is 0 Å². The molecule has 33 heavy (non-hydrogen) atoms. The lowest BCUT2D eigenvalue weighted by atomic mass is 10.1. The number of aromatic hydroxyl groups is 1. The molecule has 0 aliphatic heterocycles. The molecule has 3 aromatic carbocycles. The first-order chi connectivity index (χ1) is 16.1. The number of phenolic OH excluding ortho intramolecular Hbond substituents is 1. The number of aromatic nitrogens is 1. The first kappa shape index (κ1) is 21.3. The van der Waals surface area contributed by atoms with Crippen LogP contribution in [0.25, 0.3) is 0 Å². The minimum atomic E-state index is -0.309. The van der Waals surface area contributed by atoms with Crippen LogP contribution in [-0.4, -0.2) is 21.9 Å². The lowest BCUT2D eigenvalue weighted by Gasteiger charge is -2.08. The minimum absolute atomic E-state index is 0.0905. The van der Waals surface area contributed by atoms with Gasteiger partial charge in [-0.05, 0) is 84.8 Å². The number of hydrogen-bond acceptors (Lipinski definition) is 4. The van der Waals surface area contributed by atoms with Crippen molar-refractivity contribution in [2.45, 2.75) is 0 Å². The fraction of sp³-hybridized carbons (Fsp3) is 0. The van der Waals surface area contributed by atoms with Crippen LogP contribution in [0.1, 0.15) is 32.0 Å². The van der Waals surface area contributed by atoms with E-state index < -0.39 is 0 Å². The molecule has 1 heterocycles. The second kappa shape index (κ2) is 9.94. The summed E-state index contributed by atoms with van der Waals surface area (Å²) >= 11 is 0. The number of hydrogen-bond donors (Lipinski definition) is 3. The summed E-state index contributed by atoms with van der Waals surface area (Å²) in [5.41, 5.74) is 3.47. The number of carbonyl (C=O) groups excluding carboxylic acids is 2. The maximum absolute atomic E-state index is 12.6. The average Bonchev–Trinajstić information content (AvgIpc) is 2.84. The number of amides is 2. The van der Waals surface area contributed by atoms with Gasteiger partial charge in [-0.25, -0.2) is 4.98 Å². The van der Waals surface area contributed by atoms with E-state index in [1.807, 2.05) is 30.3 Å². The van der Waals surface area contributed by atoms with Gasteiger partial charge in [-0.3, -0.25) is 9.59 Å². The fourth-order valence-electron chi connectivity index (χ4n) is 2.97. The zero-order valence-electron chi connectivity index (χ0n) is 17.4. The Hall–Kier alpha value is -4.89. The molecule has 4 rings (SSSR count). The number of phenols is 1. The summed E-state index contributed by atoms with van der Waals surface area (Å²) in [5, 5.41) is 14.9. The standard InChI is InChI=1S/C27H19N3O3/c31-25-15-10-21(11-16-25)26(32)29-23-13-8-20(9-14-23)27(33)30-24-6-3-4-19(18-24)7-12-22-5-1-2-17-28-22/h1-6,8-11,13-18,31H,(H,29,32)(H,30,33). The molecule has 0 aliphatic carbocycles. The van der Waals surface area contributed by atoms with Gasteiger partial charge in [0.1, 0.15) is 11.4 Å². The zero-order chi connectivity index (χ0) is 23.0. The molecule has 4 aromatic rings. The second-order valence-corrected chi connectivity index (χ2v) is 7.08. The van der Waals surface area contributed by atoms with E-state index in [1.165, 1.54) is 24.3 Å². The molecule has 0 spiro atoms. The largest absolute Gasteiger partial charge is 0.508 e. The number of nitrogens with zero attached hydrogens (tertiary/aromatic N) is 1. The summed E-state index contributed by atoms with van der Waals surface area (Å²) in [7, 11) is 0. The third-order valence-electron chi connectivity index (χ3n) is 4.65. The van der Waals surface area contributed by atoms with Gasteiger partial charge in [-0.2, -0.15) is 0 Å². The Morgan fingerprint density at radius 1 is 0.697 bits per heavy atom. The van der Waals surface area contributed by atoms with Crippen LogP contribution in [0.3, 0.4) is 0 Å². The molecule has 0 bridgehead atoms. The van der Waals surface area contributed by atoms with E-state index in [0.717, 1.165) is 5.56 Å². The Balaban J connectivity index is 1.39. The first-order valence-electron chi connectivity index (χ1n) is 10.1. The smallest absolute Gasteiger partial charge is 0.255 e. The molecule has 2 amide bonds. The SMILES string of the molecule is O=C(Nc1ccc(C(=O)Nc2cccc(C#Cc3ccccn3)c2)cc1)c1ccc(O)cc1. The molecule has 0 saturated carbocycles. The number of rotatable bonds is 4. The van der Waals surface area contributed by atoms with E-state index in [1.54, 1.807) is 42.6 Å². The van der Waals surface area contributed by atoms with Crippen molar-refractivity contribution in [3.05, 3.63) is 120 Å². The van der Waals surface area contributed by atoms with Gasteiger partial charge in [0.25, 0.3) is 11.8 Å². The quantitative estimate of drug-likeness (QED) is 0.407. The Bertz CT molecular complexity index is 1340. The Labute approximate surface area is 190 Å². The van der Waals surface area contributed by atoms with Crippen molar-refractivity contribution in [3.8, 4) is 17.6 Å². The summed E-state index contributed by atoms with van der Waals surface area (Å²) in [4.78, 5) is 29.1. The van der Waals surface area contributed by atoms with E-state index >= 15 is 0 Å². The Kier molecular flexibility index (Phi) is 6.43. The van der Waals surface area contributed by atoms with Crippen LogP contribution in [0.2, 0.25) is 0 Å². The molecule has 6 heteroatoms. The fourth-order valence-corrected chi connectivity index (χ4v) is 2.97. The molecule has 3 N–H and O–H groups in total. The van der Waals surface area contributed by atoms with Gasteiger partial charge < -0.3 is 15.7 Å². The summed E-state index contributed by atoms with van der Waals surface area (Å²) in [6, 6.07) is 25.3. The first-order valence-corrected chi connectivity index (χ1v) is 10.1. The summed E-state index contributed by atoms with van der Waals surface area (Å²) in [6.45, 7) is 0. The summed E-state index contributed by atoms with van der Waals surface area (Å²) < 4.78 is 0. The van der Waals surface area contributed by atoms with Crippen LogP contribution < -0.4 is 10.6 Å². The second-order valence-electron chi connectivity index (χ2n) is 7.08. The van der Waals surface area contributed by atoms with Gasteiger partial charge in [0.05, 0.1) is 0 Å². The highest BCUT2D eigenvalue weighted by Gasteiger charge is 2.09. The molecule has 6 nitrogen and oxygen atoms in total. The van der Waals surface area contributed by atoms with Crippen LogP contribution >= 0.6 is 0 Å². The van der Waals surface area contributed by atoms with Gasteiger partial charge in [0, 0.05) is 34.3 Å². The summed E-state index contributed by atoms with van der Waals surface area (Å²) in [5.74, 6) is 5.53. The van der Waals surface area contributed by atoms with Gasteiger partial charge in [-0.1, -0.05) is 18.1 Å². The minimum Gasteiger partial charge on any atom is -0.508 e. The van der Waals surface area contributed by atoms with Crippen molar-refractivity contribution in [3.63, 3.8) is 0 Å². The number of benzene rings is 3. The number of anilines is 2. The van der Waals surface area contributed by atoms with Gasteiger partial charge in [0.15, 0.2) is 0 Å². The van der Waals surface area contributed by atoms with E-state index in [0.29, 0.717) is 28.2 Å². The maximum atomic E-state index is 12.6. The number of carbonyl (C=O) groups is 2. The Morgan fingerprint density at radius 3 is 2.03 bits per heavy atom. The van der Waals surface area contributed by atoms with Crippen molar-refractivity contribution in [1.29, 1.82) is 0 Å². The van der Waals surface area contributed by atoms with E-state index in [2.05, 4.69) is 27.5 Å². The molecule has 0 saturated heterocycles. The summed E-state index contributed by atoms with van der Waals surface area (Å²) in [6.07, 6.45) is 1.69. The number of nitrogens with one attached hydrogen (secondary N) is 2. The third-order valence-corrected chi connectivity index (χ3v) is 4.65. The zero-order valence-corrected chi connectivity index (χ0v) is 17.4. The van der Waals surface area contributed by atoms with Crippen LogP contribution in [0.15, 0.2) is 97.2 Å². The molecule has 0 radical (unpaired) electrons. The molecular weight excluding hydrogens is 414 g/mol. The van der Waals surface area contributed by atoms with Gasteiger partial charge in [-0.15, -0.1) is 0 Å². The van der Waals surface area contributed by atoms with Crippen molar-refractivity contribution in [1.82, 2.24) is 4.98 Å². The third kappa shape index (κ3) is 5.84. The highest BCUT2D eigenvalue weighted by molar-refractivity contribution is 6.06. The van der Waals surface area contributed by atoms with Crippen molar-refractivity contribution >= 4 is 23.2 Å². The monoisotopic (exact) mass is 433 g/mol. The average molecular weight is 433 g/mol. The van der Waals surface area contributed by atoms with Crippen molar-refractivity contribution < 1.29 is 14.7 Å². The number of pyridine rings is 1. The lowest BCUT2D eigenvalue weighted by molar-refractivity contribution is 0.102. The predicted octanol–water partition coefficient (Wildman–Crippen LogP) is 4.69. The van der Waals surface area contributed by atoms with E-state index in [4.69, 9.17) is 0 Å². The Morgan fingerprint density at radius 2 is 1.36 bits per heavy atom. The molecular formula is C27H19N3O3. The van der Waals surface area contributed by atoms with Crippen LogP contribution in [0.5, 0.6) is 5.75 Å². The van der Waals surface area contributed by atoms with E-state index in [-0.39, 0.29) is 17.6 Å². The van der Waals surface area contributed by atoms with Crippen molar-refractivity contribution in [2.24, 2.45) is 0 Å². The van der Waals surface area contributed by atoms with E-state index in [9.17, 15) is 14.7 Å². The highest BCUT2D eigenvalue weighted by Crippen LogP contribution is 2.16. The predicted molar refractivity (Wildman–Crippen MR) is 127 cm³/mol. The highest BCUT2D eigenvalue weighted by atomic mass is 16.3. The maximum Gasteiger partial charge on any atom is 0.255 e. The topological polar surface area (TPSA) is 91.3 Å². The van der Waals surface area contributed by atoms with Crippen molar-refractivity contribution in [2.75, 3.05) is 10.6 Å². The van der Waals surface area contributed by atoms with Crippen LogP contribution in [-0.2, 0) is 0 Å². The molecule has 1 aromatic heterocycles. The molecule has 0 aliphatic rings. The van der Waals surface area contributed by atoms with Crippen LogP contribution in [0.4, 0.5) is 11.4 Å². The molecule has 160 valence electrons. The van der Waals surface area contributed by atoms with Gasteiger partial charge >= 0.3 is 0 Å². The molecule has 0 fully saturated rings.